The molecule has 0 N–H and O–H groups in total. The first-order valence-corrected chi connectivity index (χ1v) is 49.5. The standard InChI is InChI=1S/C24H28NSi.C21H22NSi.C15H18NSi.3C14H9N2O.3Ir/c1-24(2,3)21-16-22(25-17-23(21)26(4,5)6)20-14-10-13-19(15-20)18-11-8-7-9-12-18;1-16-13-20(22-15-21(16)23(2,3)4)19-12-8-11-18(14-19)17-9-6-5-7-10-17;1-12-10-14(13-8-6-5-7-9-13)16-11-15(12)17(2,3)4;3*1-3-7-11(8-4-1)13-15-16-14(17-13)12-9-5-2-6-10-12;;;/h7-13,15-17H,1-6H3;5-11,13-15H,1-4H3;5-8,10-11H,1-4H3;3*1-9H;;;/q6*-1;;;. The third-order valence-electron chi connectivity index (χ3n) is 18.9. The number of aryl methyl sites for hydroxylation is 2. The van der Waals surface area contributed by atoms with Crippen molar-refractivity contribution in [2.24, 2.45) is 0 Å². The van der Waals surface area contributed by atoms with E-state index in [1.807, 2.05) is 206 Å². The normalized spacial score (nSPS) is 10.9. The zero-order valence-electron chi connectivity index (χ0n) is 69.8. The molecule has 0 bridgehead atoms. The Hall–Kier alpha value is -11.1. The van der Waals surface area contributed by atoms with Crippen molar-refractivity contribution in [3.05, 3.63) is 375 Å². The minimum atomic E-state index is -1.45. The van der Waals surface area contributed by atoms with E-state index in [0.717, 1.165) is 67.2 Å². The molecule has 0 aliphatic heterocycles. The van der Waals surface area contributed by atoms with Crippen LogP contribution < -0.4 is 15.6 Å². The van der Waals surface area contributed by atoms with Crippen LogP contribution in [-0.4, -0.2) is 69.8 Å². The maximum absolute atomic E-state index is 5.60. The Kier molecular flexibility index (Phi) is 33.8. The van der Waals surface area contributed by atoms with E-state index in [2.05, 4.69) is 281 Å². The van der Waals surface area contributed by atoms with E-state index in [9.17, 15) is 0 Å². The van der Waals surface area contributed by atoms with Gasteiger partial charge in [-0.15, -0.1) is 213 Å². The molecule has 17 aromatic rings. The topological polar surface area (TPSA) is 155 Å². The van der Waals surface area contributed by atoms with Gasteiger partial charge in [0.15, 0.2) is 17.7 Å². The first kappa shape index (κ1) is 92.8. The minimum absolute atomic E-state index is 0. The van der Waals surface area contributed by atoms with Crippen LogP contribution in [0.5, 0.6) is 0 Å². The molecule has 0 aliphatic rings. The molecule has 6 aromatic heterocycles. The average molecular weight is 2160 g/mol. The van der Waals surface area contributed by atoms with E-state index in [0.29, 0.717) is 35.3 Å². The summed E-state index contributed by atoms with van der Waals surface area (Å²) >= 11 is 0. The fourth-order valence-corrected chi connectivity index (χ4v) is 18.0. The summed E-state index contributed by atoms with van der Waals surface area (Å²) in [5.74, 6) is 3.05. The SMILES string of the molecule is CC(C)(C)c1cc(-c2[c-]ccc(-c3ccccc3)c2)ncc1[Si](C)(C)C.Cc1cc(-c2[c-]ccc(-c3ccccc3)c2)ncc1[Si](C)(C)C.Cc1cc(-c2[c-]cccc2)ncc1[Si](C)(C)C.[Ir].[Ir].[Ir].[c-]1ccccc1-c1nnc(-c2ccccc2)o1.[c-]1ccccc1-c1nnc(-c2ccccc2)o1.[c-]1ccccc1-c1nnc(-c2ccccc2)o1. The van der Waals surface area contributed by atoms with Crippen LogP contribution in [0.2, 0.25) is 58.9 Å². The molecule has 11 aromatic carbocycles. The van der Waals surface area contributed by atoms with Gasteiger partial charge in [-0.2, -0.15) is 15.3 Å². The number of hydrogen-bond acceptors (Lipinski definition) is 12. The first-order chi connectivity index (χ1) is 56.4. The number of rotatable bonds is 14. The predicted octanol–water partition coefficient (Wildman–Crippen LogP) is 24.1. The van der Waals surface area contributed by atoms with Crippen LogP contribution in [0.4, 0.5) is 0 Å². The van der Waals surface area contributed by atoms with E-state index in [4.69, 9.17) is 23.2 Å². The van der Waals surface area contributed by atoms with Gasteiger partial charge in [0.2, 0.25) is 17.7 Å². The van der Waals surface area contributed by atoms with Crippen molar-refractivity contribution in [3.8, 4) is 125 Å². The Morgan fingerprint density at radius 2 is 0.508 bits per heavy atom. The van der Waals surface area contributed by atoms with E-state index in [-0.39, 0.29) is 65.7 Å². The van der Waals surface area contributed by atoms with E-state index in [1.54, 1.807) is 0 Å². The predicted molar refractivity (Wildman–Crippen MR) is 486 cm³/mol. The van der Waals surface area contributed by atoms with Crippen molar-refractivity contribution in [3.63, 3.8) is 0 Å². The number of benzene rings is 11. The molecule has 6 heterocycles. The van der Waals surface area contributed by atoms with Gasteiger partial charge in [0.05, 0.1) is 24.2 Å². The van der Waals surface area contributed by atoms with Crippen LogP contribution in [0.15, 0.2) is 335 Å². The van der Waals surface area contributed by atoms with Gasteiger partial charge in [-0.05, 0) is 105 Å². The fraction of sp³-hybridized carbons (Fsp3) is 0.147. The minimum Gasteiger partial charge on any atom is -0.464 e. The Balaban J connectivity index is 0.000000164. The van der Waals surface area contributed by atoms with Crippen molar-refractivity contribution in [2.75, 3.05) is 0 Å². The molecule has 17 rings (SSSR count). The number of pyridine rings is 3. The van der Waals surface area contributed by atoms with Gasteiger partial charge in [0.1, 0.15) is 0 Å². The molecule has 0 fully saturated rings. The molecular weight excluding hydrogens is 2060 g/mol. The maximum atomic E-state index is 5.60. The second-order valence-corrected chi connectivity index (χ2v) is 47.2. The summed E-state index contributed by atoms with van der Waals surface area (Å²) in [7, 11) is -4.06. The Morgan fingerprint density at radius 3 is 0.792 bits per heavy atom. The van der Waals surface area contributed by atoms with Gasteiger partial charge in [-0.3, -0.25) is 0 Å². The van der Waals surface area contributed by atoms with Gasteiger partial charge in [-0.25, -0.2) is 0 Å². The van der Waals surface area contributed by atoms with Crippen molar-refractivity contribution in [1.82, 2.24) is 45.5 Å². The molecule has 0 saturated heterocycles. The molecule has 0 aliphatic carbocycles. The van der Waals surface area contributed by atoms with E-state index in [1.165, 1.54) is 54.5 Å². The van der Waals surface area contributed by atoms with Crippen LogP contribution >= 0.6 is 0 Å². The summed E-state index contributed by atoms with van der Waals surface area (Å²) in [5.41, 5.74) is 20.4. The molecule has 0 amide bonds. The monoisotopic (exact) mass is 2160 g/mol. The van der Waals surface area contributed by atoms with Crippen molar-refractivity contribution < 1.29 is 73.6 Å². The second-order valence-electron chi connectivity index (χ2n) is 32.0. The average Bonchev–Trinajstić information content (AvgIpc) is 1.25. The molecule has 3 radical (unpaired) electrons. The van der Waals surface area contributed by atoms with Crippen LogP contribution in [0.25, 0.3) is 125 Å². The van der Waals surface area contributed by atoms with Gasteiger partial charge >= 0.3 is 0 Å². The molecule has 120 heavy (non-hydrogen) atoms. The van der Waals surface area contributed by atoms with Crippen LogP contribution in [0, 0.1) is 50.2 Å². The number of aromatic nitrogens is 9. The summed E-state index contributed by atoms with van der Waals surface area (Å²) in [6, 6.07) is 119. The molecule has 0 unspecified atom stereocenters. The summed E-state index contributed by atoms with van der Waals surface area (Å²) in [6.45, 7) is 32.6. The summed E-state index contributed by atoms with van der Waals surface area (Å²) in [6.07, 6.45) is 6.24. The van der Waals surface area contributed by atoms with Crippen molar-refractivity contribution in [1.29, 1.82) is 0 Å². The first-order valence-electron chi connectivity index (χ1n) is 39.0. The van der Waals surface area contributed by atoms with Crippen molar-refractivity contribution >= 4 is 39.8 Å². The molecule has 18 heteroatoms. The summed E-state index contributed by atoms with van der Waals surface area (Å²) in [4.78, 5) is 14.1. The van der Waals surface area contributed by atoms with Crippen LogP contribution in [-0.2, 0) is 65.7 Å². The maximum Gasteiger partial charge on any atom is 0.237 e. The smallest absolute Gasteiger partial charge is 0.237 e. The van der Waals surface area contributed by atoms with E-state index < -0.39 is 24.2 Å². The Morgan fingerprint density at radius 1 is 0.250 bits per heavy atom. The molecule has 611 valence electrons. The zero-order chi connectivity index (χ0) is 82.4. The number of nitrogens with zero attached hydrogens (tertiary/aromatic N) is 9. The largest absolute Gasteiger partial charge is 0.464 e. The van der Waals surface area contributed by atoms with Crippen LogP contribution in [0.3, 0.4) is 0 Å². The summed E-state index contributed by atoms with van der Waals surface area (Å²) < 4.78 is 16.8. The zero-order valence-corrected chi connectivity index (χ0v) is 80.0. The fourth-order valence-electron chi connectivity index (χ4n) is 12.9. The van der Waals surface area contributed by atoms with Gasteiger partial charge < -0.3 is 28.2 Å². The van der Waals surface area contributed by atoms with Gasteiger partial charge in [0, 0.05) is 95.6 Å². The third-order valence-corrected chi connectivity index (χ3v) is 25.2. The van der Waals surface area contributed by atoms with Gasteiger partial charge in [-0.1, -0.05) is 241 Å². The molecule has 0 spiro atoms. The third kappa shape index (κ3) is 26.0. The van der Waals surface area contributed by atoms with E-state index >= 15 is 0 Å². The second kappa shape index (κ2) is 43.7. The molecule has 0 atom stereocenters. The Bertz CT molecular complexity index is 5520. The van der Waals surface area contributed by atoms with Crippen molar-refractivity contribution in [2.45, 2.75) is 99.0 Å². The van der Waals surface area contributed by atoms with Crippen LogP contribution in [0.1, 0.15) is 37.5 Å². The number of hydrogen-bond donors (Lipinski definition) is 0. The quantitative estimate of drug-likeness (QED) is 0.0751. The molecule has 0 saturated carbocycles. The Labute approximate surface area is 751 Å². The van der Waals surface area contributed by atoms with Gasteiger partial charge in [0.25, 0.3) is 0 Å². The molecular formula is C102H95Ir3N9O3Si3-6. The summed E-state index contributed by atoms with van der Waals surface area (Å²) in [5, 5.41) is 28.4. The molecule has 12 nitrogen and oxygen atoms in total.